The second-order valence-electron chi connectivity index (χ2n) is 4.69. The number of hydrogen-bond acceptors (Lipinski definition) is 4. The number of hydrogen-bond donors (Lipinski definition) is 1. The van der Waals surface area contributed by atoms with Crippen LogP contribution in [-0.4, -0.2) is 28.0 Å². The summed E-state index contributed by atoms with van der Waals surface area (Å²) in [6.07, 6.45) is 0.776. The SMILES string of the molecule is CCOCCc1nnc(CN)n1C(C)(C)C. The molecule has 0 atom stereocenters. The van der Waals surface area contributed by atoms with Crippen molar-refractivity contribution in [3.63, 3.8) is 0 Å². The fraction of sp³-hybridized carbons (Fsp3) is 0.818. The van der Waals surface area contributed by atoms with E-state index in [9.17, 15) is 0 Å². The first-order chi connectivity index (χ1) is 7.50. The largest absolute Gasteiger partial charge is 0.381 e. The van der Waals surface area contributed by atoms with E-state index in [2.05, 4.69) is 35.5 Å². The number of rotatable bonds is 5. The molecule has 1 heterocycles. The Morgan fingerprint density at radius 2 is 1.88 bits per heavy atom. The predicted molar refractivity (Wildman–Crippen MR) is 63.1 cm³/mol. The zero-order valence-electron chi connectivity index (χ0n) is 10.7. The summed E-state index contributed by atoms with van der Waals surface area (Å²) in [6.45, 7) is 10.2. The van der Waals surface area contributed by atoms with Gasteiger partial charge in [0.2, 0.25) is 0 Å². The lowest BCUT2D eigenvalue weighted by atomic mass is 10.1. The summed E-state index contributed by atoms with van der Waals surface area (Å²) in [5, 5.41) is 8.29. The average molecular weight is 226 g/mol. The summed E-state index contributed by atoms with van der Waals surface area (Å²) < 4.78 is 7.44. The molecule has 0 amide bonds. The third-order valence-electron chi connectivity index (χ3n) is 2.32. The minimum absolute atomic E-state index is 0.0419. The fourth-order valence-electron chi connectivity index (χ4n) is 1.73. The van der Waals surface area contributed by atoms with Crippen molar-refractivity contribution in [3.8, 4) is 0 Å². The van der Waals surface area contributed by atoms with Gasteiger partial charge in [-0.3, -0.25) is 0 Å². The first kappa shape index (κ1) is 13.1. The molecule has 0 saturated heterocycles. The molecule has 0 unspecified atom stereocenters. The summed E-state index contributed by atoms with van der Waals surface area (Å²) in [5.41, 5.74) is 5.62. The second-order valence-corrected chi connectivity index (χ2v) is 4.69. The lowest BCUT2D eigenvalue weighted by Crippen LogP contribution is -2.28. The molecule has 0 spiro atoms. The van der Waals surface area contributed by atoms with Crippen molar-refractivity contribution in [3.05, 3.63) is 11.6 Å². The van der Waals surface area contributed by atoms with Gasteiger partial charge in [-0.15, -0.1) is 10.2 Å². The Labute approximate surface area is 97.0 Å². The van der Waals surface area contributed by atoms with Gasteiger partial charge >= 0.3 is 0 Å². The molecule has 0 bridgehead atoms. The van der Waals surface area contributed by atoms with E-state index in [1.807, 2.05) is 6.92 Å². The van der Waals surface area contributed by atoms with Crippen LogP contribution in [-0.2, 0) is 23.2 Å². The van der Waals surface area contributed by atoms with Crippen LogP contribution in [0.4, 0.5) is 0 Å². The maximum absolute atomic E-state index is 5.66. The van der Waals surface area contributed by atoms with Crippen molar-refractivity contribution in [1.82, 2.24) is 14.8 Å². The van der Waals surface area contributed by atoms with E-state index in [1.54, 1.807) is 0 Å². The zero-order valence-corrected chi connectivity index (χ0v) is 10.7. The lowest BCUT2D eigenvalue weighted by Gasteiger charge is -2.24. The van der Waals surface area contributed by atoms with Crippen LogP contribution in [0.1, 0.15) is 39.3 Å². The van der Waals surface area contributed by atoms with Crippen molar-refractivity contribution in [1.29, 1.82) is 0 Å². The van der Waals surface area contributed by atoms with Crippen LogP contribution < -0.4 is 5.73 Å². The highest BCUT2D eigenvalue weighted by Gasteiger charge is 2.21. The maximum atomic E-state index is 5.66. The van der Waals surface area contributed by atoms with Crippen LogP contribution in [0.3, 0.4) is 0 Å². The minimum Gasteiger partial charge on any atom is -0.381 e. The van der Waals surface area contributed by atoms with E-state index >= 15 is 0 Å². The standard InChI is InChI=1S/C11H22N4O/c1-5-16-7-6-9-13-14-10(8-12)15(9)11(2,3)4/h5-8,12H2,1-4H3. The highest BCUT2D eigenvalue weighted by atomic mass is 16.5. The number of ether oxygens (including phenoxy) is 1. The van der Waals surface area contributed by atoms with E-state index in [0.29, 0.717) is 13.2 Å². The molecule has 0 aliphatic heterocycles. The molecule has 5 heteroatoms. The molecule has 0 aromatic carbocycles. The Morgan fingerprint density at radius 3 is 2.38 bits per heavy atom. The van der Waals surface area contributed by atoms with E-state index in [4.69, 9.17) is 10.5 Å². The number of aromatic nitrogens is 3. The van der Waals surface area contributed by atoms with Gasteiger partial charge in [-0.25, -0.2) is 0 Å². The van der Waals surface area contributed by atoms with Gasteiger partial charge in [0.25, 0.3) is 0 Å². The molecule has 1 aromatic heterocycles. The topological polar surface area (TPSA) is 66.0 Å². The van der Waals surface area contributed by atoms with Gasteiger partial charge in [0.15, 0.2) is 0 Å². The van der Waals surface area contributed by atoms with Crippen molar-refractivity contribution in [2.75, 3.05) is 13.2 Å². The third-order valence-corrected chi connectivity index (χ3v) is 2.32. The molecule has 1 rings (SSSR count). The fourth-order valence-corrected chi connectivity index (χ4v) is 1.73. The summed E-state index contributed by atoms with van der Waals surface area (Å²) in [5.74, 6) is 1.78. The van der Waals surface area contributed by atoms with Crippen LogP contribution in [0, 0.1) is 0 Å². The van der Waals surface area contributed by atoms with E-state index in [0.717, 1.165) is 24.7 Å². The molecule has 0 aliphatic carbocycles. The summed E-state index contributed by atoms with van der Waals surface area (Å²) in [6, 6.07) is 0. The van der Waals surface area contributed by atoms with Gasteiger partial charge in [-0.1, -0.05) is 0 Å². The molecule has 0 radical (unpaired) electrons. The molecule has 0 saturated carbocycles. The molecule has 2 N–H and O–H groups in total. The lowest BCUT2D eigenvalue weighted by molar-refractivity contribution is 0.147. The first-order valence-corrected chi connectivity index (χ1v) is 5.72. The first-order valence-electron chi connectivity index (χ1n) is 5.72. The molecule has 0 aliphatic rings. The van der Waals surface area contributed by atoms with Crippen LogP contribution >= 0.6 is 0 Å². The Hall–Kier alpha value is -0.940. The monoisotopic (exact) mass is 226 g/mol. The van der Waals surface area contributed by atoms with Gasteiger partial charge in [0.05, 0.1) is 13.2 Å². The highest BCUT2D eigenvalue weighted by molar-refractivity contribution is 5.01. The number of nitrogens with zero attached hydrogens (tertiary/aromatic N) is 3. The molecular weight excluding hydrogens is 204 g/mol. The van der Waals surface area contributed by atoms with E-state index in [-0.39, 0.29) is 5.54 Å². The second kappa shape index (κ2) is 5.41. The Kier molecular flexibility index (Phi) is 4.44. The van der Waals surface area contributed by atoms with Gasteiger partial charge in [0.1, 0.15) is 11.6 Å². The molecule has 1 aromatic rings. The molecule has 92 valence electrons. The highest BCUT2D eigenvalue weighted by Crippen LogP contribution is 2.18. The molecule has 16 heavy (non-hydrogen) atoms. The van der Waals surface area contributed by atoms with E-state index < -0.39 is 0 Å². The molecular formula is C11H22N4O. The van der Waals surface area contributed by atoms with Crippen LogP contribution in [0.25, 0.3) is 0 Å². The normalized spacial score (nSPS) is 12.1. The summed E-state index contributed by atoms with van der Waals surface area (Å²) in [7, 11) is 0. The summed E-state index contributed by atoms with van der Waals surface area (Å²) >= 11 is 0. The molecule has 0 fully saturated rings. The van der Waals surface area contributed by atoms with Crippen LogP contribution in [0.2, 0.25) is 0 Å². The Balaban J connectivity index is 2.88. The van der Waals surface area contributed by atoms with Crippen molar-refractivity contribution in [2.45, 2.75) is 46.2 Å². The van der Waals surface area contributed by atoms with Crippen LogP contribution in [0.5, 0.6) is 0 Å². The third kappa shape index (κ3) is 3.02. The van der Waals surface area contributed by atoms with Gasteiger partial charge in [0, 0.05) is 18.6 Å². The summed E-state index contributed by atoms with van der Waals surface area (Å²) in [4.78, 5) is 0. The Bertz CT molecular complexity index is 327. The average Bonchev–Trinajstić information content (AvgIpc) is 2.61. The molecule has 5 nitrogen and oxygen atoms in total. The minimum atomic E-state index is -0.0419. The van der Waals surface area contributed by atoms with Crippen molar-refractivity contribution < 1.29 is 4.74 Å². The smallest absolute Gasteiger partial charge is 0.147 e. The van der Waals surface area contributed by atoms with Gasteiger partial charge in [-0.05, 0) is 27.7 Å². The van der Waals surface area contributed by atoms with Crippen molar-refractivity contribution in [2.24, 2.45) is 5.73 Å². The van der Waals surface area contributed by atoms with Gasteiger partial charge in [-0.2, -0.15) is 0 Å². The quantitative estimate of drug-likeness (QED) is 0.763. The van der Waals surface area contributed by atoms with Crippen molar-refractivity contribution >= 4 is 0 Å². The predicted octanol–water partition coefficient (Wildman–Crippen LogP) is 1.07. The van der Waals surface area contributed by atoms with Crippen LogP contribution in [0.15, 0.2) is 0 Å². The van der Waals surface area contributed by atoms with Gasteiger partial charge < -0.3 is 15.0 Å². The zero-order chi connectivity index (χ0) is 12.2. The maximum Gasteiger partial charge on any atom is 0.147 e. The number of nitrogens with two attached hydrogens (primary N) is 1. The Morgan fingerprint density at radius 1 is 1.25 bits per heavy atom. The van der Waals surface area contributed by atoms with E-state index in [1.165, 1.54) is 0 Å².